The number of carbonyl (C=O) groups is 1. The molecule has 1 aromatic carbocycles. The molecule has 1 atom stereocenters. The number of carbonyl (C=O) groups excluding carboxylic acids is 1. The van der Waals surface area contributed by atoms with Crippen molar-refractivity contribution >= 4 is 22.9 Å². The Bertz CT molecular complexity index is 1050. The van der Waals surface area contributed by atoms with Crippen LogP contribution in [0.1, 0.15) is 24.9 Å². The van der Waals surface area contributed by atoms with Crippen molar-refractivity contribution in [2.75, 3.05) is 18.4 Å². The summed E-state index contributed by atoms with van der Waals surface area (Å²) in [5.41, 5.74) is 3.37. The Morgan fingerprint density at radius 3 is 2.96 bits per heavy atom. The van der Waals surface area contributed by atoms with Gasteiger partial charge in [0, 0.05) is 32.0 Å². The van der Waals surface area contributed by atoms with Crippen molar-refractivity contribution in [2.45, 2.75) is 25.8 Å². The van der Waals surface area contributed by atoms with Crippen LogP contribution in [0.5, 0.6) is 0 Å². The van der Waals surface area contributed by atoms with Gasteiger partial charge in [0.25, 0.3) is 0 Å². The molecule has 4 rings (SSSR count). The number of rotatable bonds is 3. The number of aromatic nitrogens is 3. The summed E-state index contributed by atoms with van der Waals surface area (Å²) in [6, 6.07) is 11.4. The molecule has 0 spiro atoms. The summed E-state index contributed by atoms with van der Waals surface area (Å²) in [7, 11) is 1.75. The van der Waals surface area contributed by atoms with Gasteiger partial charge in [-0.25, -0.2) is 14.6 Å². The smallest absolute Gasteiger partial charge is 0.322 e. The third-order valence-electron chi connectivity index (χ3n) is 5.25. The first-order chi connectivity index (χ1) is 13.1. The van der Waals surface area contributed by atoms with Gasteiger partial charge in [0.2, 0.25) is 0 Å². The fraction of sp³-hybridized carbons (Fsp3) is 0.350. The van der Waals surface area contributed by atoms with Crippen molar-refractivity contribution in [3.05, 3.63) is 58.6 Å². The molecule has 1 unspecified atom stereocenters. The van der Waals surface area contributed by atoms with E-state index >= 15 is 0 Å². The van der Waals surface area contributed by atoms with Gasteiger partial charge in [0.1, 0.15) is 0 Å². The summed E-state index contributed by atoms with van der Waals surface area (Å²) in [5, 5.41) is 2.97. The molecule has 0 radical (unpaired) electrons. The number of hydrogen-bond donors (Lipinski definition) is 1. The first-order valence-electron chi connectivity index (χ1n) is 9.25. The average molecular weight is 365 g/mol. The van der Waals surface area contributed by atoms with E-state index in [1.54, 1.807) is 27.3 Å². The predicted molar refractivity (Wildman–Crippen MR) is 105 cm³/mol. The minimum absolute atomic E-state index is 0.0659. The van der Waals surface area contributed by atoms with E-state index in [0.717, 1.165) is 24.0 Å². The predicted octanol–water partition coefficient (Wildman–Crippen LogP) is 2.78. The van der Waals surface area contributed by atoms with Crippen molar-refractivity contribution in [1.29, 1.82) is 0 Å². The average Bonchev–Trinajstić information content (AvgIpc) is 3.26. The van der Waals surface area contributed by atoms with E-state index in [9.17, 15) is 9.59 Å². The molecule has 27 heavy (non-hydrogen) atoms. The molecule has 1 fully saturated rings. The van der Waals surface area contributed by atoms with Gasteiger partial charge in [-0.2, -0.15) is 0 Å². The highest BCUT2D eigenvalue weighted by Crippen LogP contribution is 2.24. The standard InChI is InChI=1S/C20H23N5O2/c1-3-14-6-4-7-15(12-14)22-19(26)24-11-9-16(13-24)25-18-17(8-5-10-21-18)23(2)20(25)27/h4-8,10,12,16H,3,9,11,13H2,1-2H3,(H,22,26). The van der Waals surface area contributed by atoms with E-state index in [1.807, 2.05) is 36.4 Å². The highest BCUT2D eigenvalue weighted by atomic mass is 16.2. The van der Waals surface area contributed by atoms with Crippen molar-refractivity contribution in [3.63, 3.8) is 0 Å². The fourth-order valence-electron chi connectivity index (χ4n) is 3.73. The lowest BCUT2D eigenvalue weighted by atomic mass is 10.1. The lowest BCUT2D eigenvalue weighted by Gasteiger charge is -2.18. The van der Waals surface area contributed by atoms with E-state index in [0.29, 0.717) is 18.7 Å². The van der Waals surface area contributed by atoms with Crippen molar-refractivity contribution in [3.8, 4) is 0 Å². The van der Waals surface area contributed by atoms with Crippen LogP contribution in [0.15, 0.2) is 47.4 Å². The molecule has 3 heterocycles. The third-order valence-corrected chi connectivity index (χ3v) is 5.25. The Balaban J connectivity index is 1.53. The number of aryl methyl sites for hydroxylation is 2. The zero-order chi connectivity index (χ0) is 19.0. The molecule has 2 amide bonds. The molecule has 0 bridgehead atoms. The van der Waals surface area contributed by atoms with Crippen LogP contribution in [0, 0.1) is 0 Å². The molecule has 3 aromatic rings. The Labute approximate surface area is 157 Å². The molecule has 1 N–H and O–H groups in total. The second-order valence-electron chi connectivity index (χ2n) is 6.93. The largest absolute Gasteiger partial charge is 0.330 e. The van der Waals surface area contributed by atoms with Crippen LogP contribution in [-0.2, 0) is 13.5 Å². The Hall–Kier alpha value is -3.09. The normalized spacial score (nSPS) is 16.8. The second kappa shape index (κ2) is 6.90. The highest BCUT2D eigenvalue weighted by molar-refractivity contribution is 5.89. The number of benzene rings is 1. The van der Waals surface area contributed by atoms with Crippen LogP contribution in [0.3, 0.4) is 0 Å². The summed E-state index contributed by atoms with van der Waals surface area (Å²) < 4.78 is 3.33. The molecule has 2 aromatic heterocycles. The summed E-state index contributed by atoms with van der Waals surface area (Å²) in [4.78, 5) is 31.5. The van der Waals surface area contributed by atoms with Gasteiger partial charge < -0.3 is 10.2 Å². The number of urea groups is 1. The van der Waals surface area contributed by atoms with Gasteiger partial charge in [0.05, 0.1) is 11.6 Å². The number of fused-ring (bicyclic) bond motifs is 1. The van der Waals surface area contributed by atoms with E-state index in [-0.39, 0.29) is 17.8 Å². The molecule has 0 saturated carbocycles. The van der Waals surface area contributed by atoms with Gasteiger partial charge in [-0.05, 0) is 42.7 Å². The Kier molecular flexibility index (Phi) is 4.43. The fourth-order valence-corrected chi connectivity index (χ4v) is 3.73. The SMILES string of the molecule is CCc1cccc(NC(=O)N2CCC(n3c(=O)n(C)c4cccnc43)C2)c1. The monoisotopic (exact) mass is 365 g/mol. The first-order valence-corrected chi connectivity index (χ1v) is 9.25. The van der Waals surface area contributed by atoms with Gasteiger partial charge in [0.15, 0.2) is 5.65 Å². The lowest BCUT2D eigenvalue weighted by molar-refractivity contribution is 0.221. The maximum Gasteiger partial charge on any atom is 0.330 e. The number of amides is 2. The zero-order valence-corrected chi connectivity index (χ0v) is 15.6. The van der Waals surface area contributed by atoms with Crippen LogP contribution in [0.2, 0.25) is 0 Å². The number of hydrogen-bond acceptors (Lipinski definition) is 3. The number of pyridine rings is 1. The summed E-state index contributed by atoms with van der Waals surface area (Å²) >= 11 is 0. The van der Waals surface area contributed by atoms with Crippen LogP contribution in [0.25, 0.3) is 11.2 Å². The first kappa shape index (κ1) is 17.3. The summed E-state index contributed by atoms with van der Waals surface area (Å²) in [5.74, 6) is 0. The lowest BCUT2D eigenvalue weighted by Crippen LogP contribution is -2.34. The molecule has 140 valence electrons. The number of likely N-dealkylation sites (tertiary alicyclic amines) is 1. The van der Waals surface area contributed by atoms with Crippen molar-refractivity contribution in [2.24, 2.45) is 7.05 Å². The highest BCUT2D eigenvalue weighted by Gasteiger charge is 2.30. The molecular formula is C20H23N5O2. The zero-order valence-electron chi connectivity index (χ0n) is 15.6. The molecular weight excluding hydrogens is 342 g/mol. The Morgan fingerprint density at radius 1 is 1.30 bits per heavy atom. The maximum absolute atomic E-state index is 12.7. The van der Waals surface area contributed by atoms with Crippen LogP contribution < -0.4 is 11.0 Å². The van der Waals surface area contributed by atoms with Gasteiger partial charge in [-0.3, -0.25) is 9.13 Å². The summed E-state index contributed by atoms with van der Waals surface area (Å²) in [6.07, 6.45) is 3.35. The second-order valence-corrected chi connectivity index (χ2v) is 6.93. The number of nitrogens with zero attached hydrogens (tertiary/aromatic N) is 4. The van der Waals surface area contributed by atoms with Crippen LogP contribution in [0.4, 0.5) is 10.5 Å². The van der Waals surface area contributed by atoms with Crippen molar-refractivity contribution < 1.29 is 4.79 Å². The molecule has 0 aliphatic carbocycles. The van der Waals surface area contributed by atoms with E-state index in [1.165, 1.54) is 5.56 Å². The maximum atomic E-state index is 12.7. The topological polar surface area (TPSA) is 72.2 Å². The number of imidazole rings is 1. The molecule has 1 saturated heterocycles. The van der Waals surface area contributed by atoms with Crippen molar-refractivity contribution in [1.82, 2.24) is 19.0 Å². The van der Waals surface area contributed by atoms with E-state index in [4.69, 9.17) is 0 Å². The minimum atomic E-state index is -0.132. The van der Waals surface area contributed by atoms with Crippen LogP contribution >= 0.6 is 0 Å². The number of nitrogens with one attached hydrogen (secondary N) is 1. The van der Waals surface area contributed by atoms with E-state index in [2.05, 4.69) is 17.2 Å². The quantitative estimate of drug-likeness (QED) is 0.776. The van der Waals surface area contributed by atoms with Crippen LogP contribution in [-0.4, -0.2) is 38.1 Å². The van der Waals surface area contributed by atoms with Gasteiger partial charge in [-0.1, -0.05) is 19.1 Å². The minimum Gasteiger partial charge on any atom is -0.322 e. The third kappa shape index (κ3) is 3.09. The molecule has 1 aliphatic rings. The summed E-state index contributed by atoms with van der Waals surface area (Å²) in [6.45, 7) is 3.19. The molecule has 7 nitrogen and oxygen atoms in total. The number of anilines is 1. The molecule has 7 heteroatoms. The van der Waals surface area contributed by atoms with Gasteiger partial charge >= 0.3 is 11.7 Å². The Morgan fingerprint density at radius 2 is 2.15 bits per heavy atom. The molecule has 1 aliphatic heterocycles. The van der Waals surface area contributed by atoms with E-state index < -0.39 is 0 Å². The van der Waals surface area contributed by atoms with Gasteiger partial charge in [-0.15, -0.1) is 0 Å².